The third-order valence-corrected chi connectivity index (χ3v) is 6.03. The van der Waals surface area contributed by atoms with E-state index in [4.69, 9.17) is 0 Å². The van der Waals surface area contributed by atoms with Crippen LogP contribution in [0.1, 0.15) is 43.9 Å². The van der Waals surface area contributed by atoms with E-state index in [-0.39, 0.29) is 10.8 Å². The van der Waals surface area contributed by atoms with Crippen molar-refractivity contribution in [1.29, 1.82) is 0 Å². The summed E-state index contributed by atoms with van der Waals surface area (Å²) in [6, 6.07) is 12.8. The molecule has 0 unspecified atom stereocenters. The first-order chi connectivity index (χ1) is 12.9. The zero-order valence-corrected chi connectivity index (χ0v) is 17.0. The standard InChI is InChI=1S/C21H28N2O3S/c1-4-17-8-7-9-18(5-2)21(17)23-20(24)15-12-16-10-13-19(14-11-16)27(25,26)22-6-3/h7-11,13-14,22H,4-6,12,15H2,1-3H3,(H,23,24). The normalized spacial score (nSPS) is 11.4. The number of nitrogens with one attached hydrogen (secondary N) is 2. The van der Waals surface area contributed by atoms with Crippen molar-refractivity contribution in [2.75, 3.05) is 11.9 Å². The first-order valence-electron chi connectivity index (χ1n) is 9.40. The minimum atomic E-state index is -3.44. The van der Waals surface area contributed by atoms with Crippen LogP contribution in [0.15, 0.2) is 47.4 Å². The lowest BCUT2D eigenvalue weighted by Crippen LogP contribution is -2.23. The Hall–Kier alpha value is -2.18. The first kappa shape index (κ1) is 21.1. The van der Waals surface area contributed by atoms with Crippen molar-refractivity contribution in [3.05, 3.63) is 59.2 Å². The Morgan fingerprint density at radius 1 is 0.926 bits per heavy atom. The van der Waals surface area contributed by atoms with E-state index >= 15 is 0 Å². The van der Waals surface area contributed by atoms with Gasteiger partial charge in [0, 0.05) is 18.7 Å². The predicted molar refractivity (Wildman–Crippen MR) is 109 cm³/mol. The number of sulfonamides is 1. The van der Waals surface area contributed by atoms with Gasteiger partial charge in [0.1, 0.15) is 0 Å². The smallest absolute Gasteiger partial charge is 0.240 e. The Kier molecular flexibility index (Phi) is 7.56. The second-order valence-corrected chi connectivity index (χ2v) is 8.12. The van der Waals surface area contributed by atoms with Crippen LogP contribution in [-0.4, -0.2) is 20.9 Å². The van der Waals surface area contributed by atoms with Crippen LogP contribution in [0, 0.1) is 0 Å². The molecule has 0 heterocycles. The lowest BCUT2D eigenvalue weighted by atomic mass is 10.0. The summed E-state index contributed by atoms with van der Waals surface area (Å²) >= 11 is 0. The maximum Gasteiger partial charge on any atom is 0.240 e. The third kappa shape index (κ3) is 5.65. The van der Waals surface area contributed by atoms with E-state index in [9.17, 15) is 13.2 Å². The van der Waals surface area contributed by atoms with E-state index < -0.39 is 10.0 Å². The van der Waals surface area contributed by atoms with E-state index in [2.05, 4.69) is 23.9 Å². The van der Waals surface area contributed by atoms with Gasteiger partial charge in [0.2, 0.25) is 15.9 Å². The number of anilines is 1. The van der Waals surface area contributed by atoms with Crippen molar-refractivity contribution >= 4 is 21.6 Å². The summed E-state index contributed by atoms with van der Waals surface area (Å²) in [7, 11) is -3.44. The van der Waals surface area contributed by atoms with Gasteiger partial charge in [-0.15, -0.1) is 0 Å². The lowest BCUT2D eigenvalue weighted by Gasteiger charge is -2.14. The van der Waals surface area contributed by atoms with Gasteiger partial charge in [0.05, 0.1) is 4.90 Å². The van der Waals surface area contributed by atoms with Gasteiger partial charge in [0.25, 0.3) is 0 Å². The number of carbonyl (C=O) groups is 1. The summed E-state index contributed by atoms with van der Waals surface area (Å²) in [5.74, 6) is -0.0325. The Bertz CT molecular complexity index is 853. The molecule has 5 nitrogen and oxygen atoms in total. The Morgan fingerprint density at radius 2 is 1.52 bits per heavy atom. The molecule has 0 spiro atoms. The summed E-state index contributed by atoms with van der Waals surface area (Å²) in [5.41, 5.74) is 4.14. The summed E-state index contributed by atoms with van der Waals surface area (Å²) in [6.07, 6.45) is 2.64. The molecule has 2 aromatic carbocycles. The number of carbonyl (C=O) groups excluding carboxylic acids is 1. The van der Waals surface area contributed by atoms with Gasteiger partial charge >= 0.3 is 0 Å². The fraction of sp³-hybridized carbons (Fsp3) is 0.381. The molecule has 0 saturated heterocycles. The highest BCUT2D eigenvalue weighted by atomic mass is 32.2. The van der Waals surface area contributed by atoms with Crippen LogP contribution in [0.5, 0.6) is 0 Å². The molecular weight excluding hydrogens is 360 g/mol. The molecule has 2 rings (SSSR count). The Labute approximate surface area is 162 Å². The van der Waals surface area contributed by atoms with Crippen LogP contribution in [0.4, 0.5) is 5.69 Å². The average Bonchev–Trinajstić information content (AvgIpc) is 2.66. The maximum atomic E-state index is 12.4. The van der Waals surface area contributed by atoms with Crippen LogP contribution in [0.25, 0.3) is 0 Å². The minimum Gasteiger partial charge on any atom is -0.326 e. The highest BCUT2D eigenvalue weighted by Crippen LogP contribution is 2.23. The van der Waals surface area contributed by atoms with Crippen molar-refractivity contribution in [2.24, 2.45) is 0 Å². The zero-order chi connectivity index (χ0) is 19.9. The molecule has 0 bridgehead atoms. The van der Waals surface area contributed by atoms with E-state index in [1.807, 2.05) is 18.2 Å². The van der Waals surface area contributed by atoms with Gasteiger partial charge in [-0.25, -0.2) is 13.1 Å². The summed E-state index contributed by atoms with van der Waals surface area (Å²) in [4.78, 5) is 12.7. The zero-order valence-electron chi connectivity index (χ0n) is 16.2. The molecule has 0 aromatic heterocycles. The van der Waals surface area contributed by atoms with Crippen LogP contribution in [0.3, 0.4) is 0 Å². The lowest BCUT2D eigenvalue weighted by molar-refractivity contribution is -0.116. The fourth-order valence-corrected chi connectivity index (χ4v) is 4.01. The molecule has 27 heavy (non-hydrogen) atoms. The molecule has 6 heteroatoms. The molecular formula is C21H28N2O3S. The number of rotatable bonds is 9. The number of benzene rings is 2. The largest absolute Gasteiger partial charge is 0.326 e. The summed E-state index contributed by atoms with van der Waals surface area (Å²) < 4.78 is 26.4. The number of aryl methyl sites for hydroxylation is 3. The molecule has 0 aliphatic rings. The minimum absolute atomic E-state index is 0.0325. The summed E-state index contributed by atoms with van der Waals surface area (Å²) in [5, 5.41) is 3.06. The quantitative estimate of drug-likeness (QED) is 0.688. The third-order valence-electron chi connectivity index (χ3n) is 4.47. The van der Waals surface area contributed by atoms with E-state index in [0.29, 0.717) is 19.4 Å². The van der Waals surface area contributed by atoms with Gasteiger partial charge < -0.3 is 5.32 Å². The van der Waals surface area contributed by atoms with Crippen LogP contribution in [0.2, 0.25) is 0 Å². The highest BCUT2D eigenvalue weighted by molar-refractivity contribution is 7.89. The SMILES string of the molecule is CCNS(=O)(=O)c1ccc(CCC(=O)Nc2c(CC)cccc2CC)cc1. The Balaban J connectivity index is 2.01. The molecule has 0 aliphatic heterocycles. The van der Waals surface area contributed by atoms with E-state index in [0.717, 1.165) is 35.2 Å². The highest BCUT2D eigenvalue weighted by Gasteiger charge is 2.13. The van der Waals surface area contributed by atoms with Crippen LogP contribution >= 0.6 is 0 Å². The molecule has 0 saturated carbocycles. The molecule has 0 aliphatic carbocycles. The van der Waals surface area contributed by atoms with Gasteiger partial charge in [-0.05, 0) is 48.1 Å². The predicted octanol–water partition coefficient (Wildman–Crippen LogP) is 3.68. The van der Waals surface area contributed by atoms with Crippen molar-refractivity contribution in [3.63, 3.8) is 0 Å². The fourth-order valence-electron chi connectivity index (χ4n) is 2.97. The second-order valence-electron chi connectivity index (χ2n) is 6.35. The van der Waals surface area contributed by atoms with Gasteiger partial charge in [-0.1, -0.05) is 51.1 Å². The number of hydrogen-bond acceptors (Lipinski definition) is 3. The molecule has 0 atom stereocenters. The molecule has 1 amide bonds. The van der Waals surface area contributed by atoms with E-state index in [1.165, 1.54) is 0 Å². The van der Waals surface area contributed by atoms with Crippen molar-refractivity contribution < 1.29 is 13.2 Å². The van der Waals surface area contributed by atoms with Crippen LogP contribution in [-0.2, 0) is 34.1 Å². The van der Waals surface area contributed by atoms with Gasteiger partial charge in [-0.3, -0.25) is 4.79 Å². The maximum absolute atomic E-state index is 12.4. The van der Waals surface area contributed by atoms with Crippen LogP contribution < -0.4 is 10.0 Å². The average molecular weight is 389 g/mol. The monoisotopic (exact) mass is 388 g/mol. The molecule has 146 valence electrons. The summed E-state index contributed by atoms with van der Waals surface area (Å²) in [6.45, 7) is 6.25. The second kappa shape index (κ2) is 9.67. The van der Waals surface area contributed by atoms with E-state index in [1.54, 1.807) is 31.2 Å². The van der Waals surface area contributed by atoms with Crippen molar-refractivity contribution in [3.8, 4) is 0 Å². The molecule has 2 aromatic rings. The molecule has 2 N–H and O–H groups in total. The number of hydrogen-bond donors (Lipinski definition) is 2. The Morgan fingerprint density at radius 3 is 2.04 bits per heavy atom. The first-order valence-corrected chi connectivity index (χ1v) is 10.9. The van der Waals surface area contributed by atoms with Crippen molar-refractivity contribution in [1.82, 2.24) is 4.72 Å². The van der Waals surface area contributed by atoms with Gasteiger partial charge in [0.15, 0.2) is 0 Å². The molecule has 0 fully saturated rings. The number of para-hydroxylation sites is 1. The van der Waals surface area contributed by atoms with Crippen molar-refractivity contribution in [2.45, 2.75) is 51.3 Å². The van der Waals surface area contributed by atoms with Gasteiger partial charge in [-0.2, -0.15) is 0 Å². The topological polar surface area (TPSA) is 75.3 Å². The number of amides is 1. The molecule has 0 radical (unpaired) electrons.